The van der Waals surface area contributed by atoms with E-state index in [1.807, 2.05) is 37.2 Å². The molecule has 6 heteroatoms. The van der Waals surface area contributed by atoms with Gasteiger partial charge in [-0.25, -0.2) is 0 Å². The molecule has 0 saturated heterocycles. The van der Waals surface area contributed by atoms with Crippen molar-refractivity contribution >= 4 is 0 Å². The molecular formula is C20H27NO5. The number of nitrogens with zero attached hydrogens (tertiary/aromatic N) is 1. The number of ether oxygens (including phenoxy) is 4. The smallest absolute Gasteiger partial charge is 0.167 e. The quantitative estimate of drug-likeness (QED) is 0.780. The standard InChI is InChI=1S/C20H27NO5/c1-21(2)12-14-8-10-16(24-4)20(26-6)18(14)19(22)13-7-9-15(23-3)17(11-13)25-5/h7-11,19,22H,12H2,1-6H3. The Labute approximate surface area is 154 Å². The van der Waals surface area contributed by atoms with Crippen molar-refractivity contribution in [2.24, 2.45) is 0 Å². The Bertz CT molecular complexity index is 745. The maximum atomic E-state index is 11.2. The van der Waals surface area contributed by atoms with Crippen molar-refractivity contribution in [2.45, 2.75) is 12.6 Å². The number of benzene rings is 2. The molecule has 1 unspecified atom stereocenters. The van der Waals surface area contributed by atoms with Crippen LogP contribution in [-0.2, 0) is 6.54 Å². The van der Waals surface area contributed by atoms with Crippen molar-refractivity contribution in [3.63, 3.8) is 0 Å². The molecule has 0 amide bonds. The minimum atomic E-state index is -0.908. The SMILES string of the molecule is COc1ccc(C(O)c2c(CN(C)C)ccc(OC)c2OC)cc1OC. The fourth-order valence-corrected chi connectivity index (χ4v) is 2.96. The van der Waals surface area contributed by atoms with Crippen molar-refractivity contribution < 1.29 is 24.1 Å². The van der Waals surface area contributed by atoms with Gasteiger partial charge in [0.15, 0.2) is 23.0 Å². The van der Waals surface area contributed by atoms with Gasteiger partial charge in [0.1, 0.15) is 6.10 Å². The van der Waals surface area contributed by atoms with Crippen molar-refractivity contribution in [3.8, 4) is 23.0 Å². The van der Waals surface area contributed by atoms with Crippen LogP contribution in [0.15, 0.2) is 30.3 Å². The maximum absolute atomic E-state index is 11.2. The van der Waals surface area contributed by atoms with Crippen LogP contribution in [0.5, 0.6) is 23.0 Å². The van der Waals surface area contributed by atoms with E-state index in [1.54, 1.807) is 40.6 Å². The Morgan fingerprint density at radius 3 is 2.00 bits per heavy atom. The predicted molar refractivity (Wildman–Crippen MR) is 101 cm³/mol. The first-order valence-electron chi connectivity index (χ1n) is 8.25. The third kappa shape index (κ3) is 4.03. The van der Waals surface area contributed by atoms with E-state index in [0.29, 0.717) is 40.7 Å². The van der Waals surface area contributed by atoms with Crippen LogP contribution in [-0.4, -0.2) is 52.5 Å². The molecule has 2 rings (SSSR count). The molecule has 0 spiro atoms. The lowest BCUT2D eigenvalue weighted by Crippen LogP contribution is -2.15. The summed E-state index contributed by atoms with van der Waals surface area (Å²) in [6.45, 7) is 0.653. The predicted octanol–water partition coefficient (Wildman–Crippen LogP) is 2.86. The molecule has 0 fully saturated rings. The largest absolute Gasteiger partial charge is 0.493 e. The summed E-state index contributed by atoms with van der Waals surface area (Å²) in [5, 5.41) is 11.2. The highest BCUT2D eigenvalue weighted by Gasteiger charge is 2.24. The molecule has 142 valence electrons. The second kappa shape index (κ2) is 8.78. The van der Waals surface area contributed by atoms with Gasteiger partial charge in [0.25, 0.3) is 0 Å². The van der Waals surface area contributed by atoms with Gasteiger partial charge in [-0.3, -0.25) is 0 Å². The highest BCUT2D eigenvalue weighted by Crippen LogP contribution is 2.41. The molecule has 0 aliphatic rings. The van der Waals surface area contributed by atoms with Crippen LogP contribution >= 0.6 is 0 Å². The monoisotopic (exact) mass is 361 g/mol. The maximum Gasteiger partial charge on any atom is 0.167 e. The fraction of sp³-hybridized carbons (Fsp3) is 0.400. The summed E-state index contributed by atoms with van der Waals surface area (Å²) in [5.74, 6) is 2.26. The van der Waals surface area contributed by atoms with Crippen LogP contribution in [0.1, 0.15) is 22.8 Å². The summed E-state index contributed by atoms with van der Waals surface area (Å²) in [6, 6.07) is 9.14. The third-order valence-electron chi connectivity index (χ3n) is 4.16. The van der Waals surface area contributed by atoms with E-state index in [4.69, 9.17) is 18.9 Å². The average Bonchev–Trinajstić information content (AvgIpc) is 2.65. The lowest BCUT2D eigenvalue weighted by Gasteiger charge is -2.23. The van der Waals surface area contributed by atoms with E-state index in [-0.39, 0.29) is 0 Å². The molecule has 26 heavy (non-hydrogen) atoms. The number of aliphatic hydroxyl groups excluding tert-OH is 1. The zero-order chi connectivity index (χ0) is 19.3. The average molecular weight is 361 g/mol. The van der Waals surface area contributed by atoms with Crippen LogP contribution in [0.25, 0.3) is 0 Å². The molecule has 0 aliphatic carbocycles. The lowest BCUT2D eigenvalue weighted by atomic mass is 9.94. The number of hydrogen-bond acceptors (Lipinski definition) is 6. The normalized spacial score (nSPS) is 12.0. The molecule has 0 bridgehead atoms. The lowest BCUT2D eigenvalue weighted by molar-refractivity contribution is 0.209. The van der Waals surface area contributed by atoms with Crippen molar-refractivity contribution in [3.05, 3.63) is 47.0 Å². The van der Waals surface area contributed by atoms with Gasteiger partial charge in [-0.05, 0) is 43.4 Å². The molecule has 0 aliphatic heterocycles. The van der Waals surface area contributed by atoms with Gasteiger partial charge >= 0.3 is 0 Å². The number of aliphatic hydroxyl groups is 1. The van der Waals surface area contributed by atoms with Gasteiger partial charge in [-0.2, -0.15) is 0 Å². The minimum Gasteiger partial charge on any atom is -0.493 e. The number of methoxy groups -OCH3 is 4. The molecule has 0 radical (unpaired) electrons. The second-order valence-corrected chi connectivity index (χ2v) is 6.13. The molecule has 2 aromatic rings. The molecular weight excluding hydrogens is 334 g/mol. The summed E-state index contributed by atoms with van der Waals surface area (Å²) in [5.41, 5.74) is 2.30. The van der Waals surface area contributed by atoms with E-state index in [2.05, 4.69) is 0 Å². The van der Waals surface area contributed by atoms with E-state index in [9.17, 15) is 5.11 Å². The molecule has 1 N–H and O–H groups in total. The van der Waals surface area contributed by atoms with Crippen LogP contribution < -0.4 is 18.9 Å². The van der Waals surface area contributed by atoms with Crippen LogP contribution in [0.2, 0.25) is 0 Å². The highest BCUT2D eigenvalue weighted by atomic mass is 16.5. The summed E-state index contributed by atoms with van der Waals surface area (Å²) >= 11 is 0. The summed E-state index contributed by atoms with van der Waals surface area (Å²) in [7, 11) is 10.2. The fourth-order valence-electron chi connectivity index (χ4n) is 2.96. The Kier molecular flexibility index (Phi) is 6.71. The molecule has 0 heterocycles. The molecule has 0 aromatic heterocycles. The zero-order valence-corrected chi connectivity index (χ0v) is 16.2. The van der Waals surface area contributed by atoms with Crippen LogP contribution in [0.3, 0.4) is 0 Å². The Morgan fingerprint density at radius 2 is 1.46 bits per heavy atom. The Hall–Kier alpha value is -2.44. The first kappa shape index (κ1) is 19.9. The van der Waals surface area contributed by atoms with Crippen molar-refractivity contribution in [2.75, 3.05) is 42.5 Å². The van der Waals surface area contributed by atoms with Crippen LogP contribution in [0, 0.1) is 0 Å². The summed E-state index contributed by atoms with van der Waals surface area (Å²) < 4.78 is 21.6. The van der Waals surface area contributed by atoms with E-state index >= 15 is 0 Å². The topological polar surface area (TPSA) is 60.4 Å². The van der Waals surface area contributed by atoms with E-state index in [1.165, 1.54) is 0 Å². The first-order chi connectivity index (χ1) is 12.5. The van der Waals surface area contributed by atoms with Crippen molar-refractivity contribution in [1.82, 2.24) is 4.90 Å². The molecule has 1 atom stereocenters. The third-order valence-corrected chi connectivity index (χ3v) is 4.16. The zero-order valence-electron chi connectivity index (χ0n) is 16.2. The summed E-state index contributed by atoms with van der Waals surface area (Å²) in [4.78, 5) is 2.03. The molecule has 0 saturated carbocycles. The Morgan fingerprint density at radius 1 is 0.846 bits per heavy atom. The van der Waals surface area contributed by atoms with Gasteiger partial charge < -0.3 is 29.0 Å². The van der Waals surface area contributed by atoms with Gasteiger partial charge in [0.05, 0.1) is 28.4 Å². The van der Waals surface area contributed by atoms with Crippen molar-refractivity contribution in [1.29, 1.82) is 0 Å². The van der Waals surface area contributed by atoms with Gasteiger partial charge in [-0.15, -0.1) is 0 Å². The van der Waals surface area contributed by atoms with Gasteiger partial charge in [-0.1, -0.05) is 12.1 Å². The molecule has 6 nitrogen and oxygen atoms in total. The highest BCUT2D eigenvalue weighted by molar-refractivity contribution is 5.55. The number of rotatable bonds is 8. The second-order valence-electron chi connectivity index (χ2n) is 6.13. The van der Waals surface area contributed by atoms with E-state index < -0.39 is 6.10 Å². The minimum absolute atomic E-state index is 0.522. The van der Waals surface area contributed by atoms with E-state index in [0.717, 1.165) is 5.56 Å². The molecule has 2 aromatic carbocycles. The van der Waals surface area contributed by atoms with Gasteiger partial charge in [0, 0.05) is 12.1 Å². The number of hydrogen-bond donors (Lipinski definition) is 1. The summed E-state index contributed by atoms with van der Waals surface area (Å²) in [6.07, 6.45) is -0.908. The Balaban J connectivity index is 2.60. The van der Waals surface area contributed by atoms with Crippen LogP contribution in [0.4, 0.5) is 0 Å². The van der Waals surface area contributed by atoms with Gasteiger partial charge in [0.2, 0.25) is 0 Å². The first-order valence-corrected chi connectivity index (χ1v) is 8.25.